The van der Waals surface area contributed by atoms with Gasteiger partial charge in [-0.1, -0.05) is 0 Å². The van der Waals surface area contributed by atoms with Gasteiger partial charge in [-0.3, -0.25) is 0 Å². The summed E-state index contributed by atoms with van der Waals surface area (Å²) in [6, 6.07) is 2.21. The van der Waals surface area contributed by atoms with Crippen LogP contribution >= 0.6 is 0 Å². The first-order valence-electron chi connectivity index (χ1n) is 5.79. The molecule has 1 atom stereocenters. The molecule has 1 fully saturated rings. The van der Waals surface area contributed by atoms with Crippen molar-refractivity contribution in [2.45, 2.75) is 39.7 Å². The predicted molar refractivity (Wildman–Crippen MR) is 65.1 cm³/mol. The molecule has 16 heavy (non-hydrogen) atoms. The van der Waals surface area contributed by atoms with Gasteiger partial charge in [0.05, 0.1) is 19.3 Å². The summed E-state index contributed by atoms with van der Waals surface area (Å²) in [6.45, 7) is 9.41. The first-order chi connectivity index (χ1) is 7.49. The molecule has 1 unspecified atom stereocenters. The van der Waals surface area contributed by atoms with E-state index >= 15 is 0 Å². The Hall–Kier alpha value is -1.02. The third-order valence-corrected chi connectivity index (χ3v) is 3.80. The van der Waals surface area contributed by atoms with Gasteiger partial charge in [0.1, 0.15) is 5.75 Å². The highest BCUT2D eigenvalue weighted by Crippen LogP contribution is 2.41. The van der Waals surface area contributed by atoms with Crippen molar-refractivity contribution < 1.29 is 9.47 Å². The smallest absolute Gasteiger partial charge is 0.124 e. The average Bonchev–Trinajstić information content (AvgIpc) is 2.21. The zero-order chi connectivity index (χ0) is 11.9. The molecule has 2 rings (SSSR count). The number of rotatable bonds is 2. The molecule has 1 saturated heterocycles. The van der Waals surface area contributed by atoms with Crippen molar-refractivity contribution >= 4 is 0 Å². The minimum absolute atomic E-state index is 0.0775. The Labute approximate surface area is 97.6 Å². The van der Waals surface area contributed by atoms with Gasteiger partial charge in [-0.05, 0) is 56.0 Å². The molecule has 0 amide bonds. The average molecular weight is 220 g/mol. The largest absolute Gasteiger partial charge is 0.496 e. The maximum atomic E-state index is 5.73. The molecule has 0 spiro atoms. The minimum atomic E-state index is -0.0775. The summed E-state index contributed by atoms with van der Waals surface area (Å²) in [5.41, 5.74) is 4.96. The van der Waals surface area contributed by atoms with Crippen LogP contribution in [0, 0.1) is 20.8 Å². The molecular weight excluding hydrogens is 200 g/mol. The molecule has 0 N–H and O–H groups in total. The van der Waals surface area contributed by atoms with Crippen molar-refractivity contribution in [3.8, 4) is 5.75 Å². The van der Waals surface area contributed by atoms with Crippen LogP contribution in [-0.4, -0.2) is 13.7 Å². The van der Waals surface area contributed by atoms with E-state index in [9.17, 15) is 0 Å². The number of hydrogen-bond donors (Lipinski definition) is 0. The second kappa shape index (κ2) is 3.77. The van der Waals surface area contributed by atoms with Crippen LogP contribution in [-0.2, 0) is 10.3 Å². The van der Waals surface area contributed by atoms with E-state index in [2.05, 4.69) is 33.8 Å². The van der Waals surface area contributed by atoms with Gasteiger partial charge in [0, 0.05) is 6.42 Å². The highest BCUT2D eigenvalue weighted by Gasteiger charge is 2.37. The van der Waals surface area contributed by atoms with E-state index in [-0.39, 0.29) is 5.60 Å². The van der Waals surface area contributed by atoms with Crippen molar-refractivity contribution in [2.24, 2.45) is 0 Å². The van der Waals surface area contributed by atoms with Crippen LogP contribution in [0.1, 0.15) is 35.6 Å². The van der Waals surface area contributed by atoms with Crippen LogP contribution < -0.4 is 4.74 Å². The third kappa shape index (κ3) is 1.52. The van der Waals surface area contributed by atoms with E-state index in [1.165, 1.54) is 22.3 Å². The van der Waals surface area contributed by atoms with Crippen LogP contribution in [0.5, 0.6) is 5.75 Å². The number of benzene rings is 1. The molecule has 1 aromatic carbocycles. The Bertz CT molecular complexity index is 417. The van der Waals surface area contributed by atoms with Crippen molar-refractivity contribution in [1.29, 1.82) is 0 Å². The van der Waals surface area contributed by atoms with Gasteiger partial charge >= 0.3 is 0 Å². The lowest BCUT2D eigenvalue weighted by atomic mass is 9.83. The summed E-state index contributed by atoms with van der Waals surface area (Å²) in [6.07, 6.45) is 1.11. The minimum Gasteiger partial charge on any atom is -0.496 e. The molecule has 88 valence electrons. The molecule has 2 nitrogen and oxygen atoms in total. The fourth-order valence-corrected chi connectivity index (χ4v) is 2.54. The van der Waals surface area contributed by atoms with Crippen LogP contribution in [0.25, 0.3) is 0 Å². The fraction of sp³-hybridized carbons (Fsp3) is 0.571. The Morgan fingerprint density at radius 1 is 1.25 bits per heavy atom. The topological polar surface area (TPSA) is 18.5 Å². The molecule has 1 aliphatic heterocycles. The molecule has 0 aliphatic carbocycles. The van der Waals surface area contributed by atoms with Crippen LogP contribution in [0.2, 0.25) is 0 Å². The maximum absolute atomic E-state index is 5.73. The van der Waals surface area contributed by atoms with Crippen molar-refractivity contribution in [3.63, 3.8) is 0 Å². The first-order valence-corrected chi connectivity index (χ1v) is 5.79. The summed E-state index contributed by atoms with van der Waals surface area (Å²) in [4.78, 5) is 0. The lowest BCUT2D eigenvalue weighted by Crippen LogP contribution is -2.38. The van der Waals surface area contributed by atoms with Gasteiger partial charge < -0.3 is 9.47 Å². The molecule has 0 saturated carbocycles. The van der Waals surface area contributed by atoms with Gasteiger partial charge in [0.25, 0.3) is 0 Å². The van der Waals surface area contributed by atoms with E-state index in [1.807, 2.05) is 0 Å². The van der Waals surface area contributed by atoms with Crippen LogP contribution in [0.4, 0.5) is 0 Å². The van der Waals surface area contributed by atoms with E-state index in [4.69, 9.17) is 9.47 Å². The fourth-order valence-electron chi connectivity index (χ4n) is 2.54. The number of methoxy groups -OCH3 is 1. The zero-order valence-electron chi connectivity index (χ0n) is 10.8. The number of ether oxygens (including phenoxy) is 2. The van der Waals surface area contributed by atoms with Crippen molar-refractivity contribution in [1.82, 2.24) is 0 Å². The Balaban J connectivity index is 2.56. The lowest BCUT2D eigenvalue weighted by molar-refractivity contribution is -0.141. The van der Waals surface area contributed by atoms with E-state index in [0.717, 1.165) is 18.8 Å². The van der Waals surface area contributed by atoms with Crippen molar-refractivity contribution in [3.05, 3.63) is 28.3 Å². The molecule has 1 heterocycles. The molecule has 0 aromatic heterocycles. The van der Waals surface area contributed by atoms with Gasteiger partial charge in [-0.15, -0.1) is 0 Å². The van der Waals surface area contributed by atoms with E-state index in [0.29, 0.717) is 0 Å². The van der Waals surface area contributed by atoms with Crippen LogP contribution in [0.15, 0.2) is 6.07 Å². The maximum Gasteiger partial charge on any atom is 0.124 e. The second-order valence-corrected chi connectivity index (χ2v) is 4.85. The molecule has 1 aromatic rings. The Morgan fingerprint density at radius 3 is 2.31 bits per heavy atom. The van der Waals surface area contributed by atoms with Gasteiger partial charge in [0.2, 0.25) is 0 Å². The molecular formula is C14H20O2. The zero-order valence-corrected chi connectivity index (χ0v) is 10.8. The lowest BCUT2D eigenvalue weighted by Gasteiger charge is -2.40. The number of aryl methyl sites for hydroxylation is 1. The summed E-state index contributed by atoms with van der Waals surface area (Å²) in [5, 5.41) is 0. The van der Waals surface area contributed by atoms with Gasteiger partial charge in [-0.2, -0.15) is 0 Å². The highest BCUT2D eigenvalue weighted by atomic mass is 16.5. The summed E-state index contributed by atoms with van der Waals surface area (Å²) in [7, 11) is 1.73. The summed E-state index contributed by atoms with van der Waals surface area (Å²) in [5.74, 6) is 1.00. The van der Waals surface area contributed by atoms with Crippen LogP contribution in [0.3, 0.4) is 0 Å². The first kappa shape index (κ1) is 11.5. The predicted octanol–water partition coefficient (Wildman–Crippen LogP) is 3.26. The molecule has 0 radical (unpaired) electrons. The number of hydrogen-bond acceptors (Lipinski definition) is 2. The second-order valence-electron chi connectivity index (χ2n) is 4.85. The van der Waals surface area contributed by atoms with E-state index < -0.39 is 0 Å². The van der Waals surface area contributed by atoms with Gasteiger partial charge in [0.15, 0.2) is 0 Å². The monoisotopic (exact) mass is 220 g/mol. The quantitative estimate of drug-likeness (QED) is 0.761. The SMILES string of the molecule is COc1c(C)cc(C2(C)CCO2)c(C)c1C. The van der Waals surface area contributed by atoms with Gasteiger partial charge in [-0.25, -0.2) is 0 Å². The third-order valence-electron chi connectivity index (χ3n) is 3.80. The van der Waals surface area contributed by atoms with Crippen molar-refractivity contribution in [2.75, 3.05) is 13.7 Å². The molecule has 2 heteroatoms. The summed E-state index contributed by atoms with van der Waals surface area (Å²) < 4.78 is 11.2. The molecule has 0 bridgehead atoms. The summed E-state index contributed by atoms with van der Waals surface area (Å²) >= 11 is 0. The Kier molecular flexibility index (Phi) is 2.70. The Morgan fingerprint density at radius 2 is 1.88 bits per heavy atom. The normalized spacial score (nSPS) is 24.1. The van der Waals surface area contributed by atoms with E-state index in [1.54, 1.807) is 7.11 Å². The highest BCUT2D eigenvalue weighted by molar-refractivity contribution is 5.51. The molecule has 1 aliphatic rings. The standard InChI is InChI=1S/C14H20O2/c1-9-8-12(14(4)6-7-16-14)10(2)11(3)13(9)15-5/h8H,6-7H2,1-5H3.